The largest absolute Gasteiger partial charge is 0.426 e. The molecule has 2 fully saturated rings. The Morgan fingerprint density at radius 1 is 0.950 bits per heavy atom. The second kappa shape index (κ2) is 4.62. The van der Waals surface area contributed by atoms with Gasteiger partial charge in [0, 0.05) is 5.39 Å². The number of hydrogen-bond donors (Lipinski definition) is 0. The third-order valence-corrected chi connectivity index (χ3v) is 4.89. The van der Waals surface area contributed by atoms with E-state index in [9.17, 15) is 4.79 Å². The van der Waals surface area contributed by atoms with Crippen molar-refractivity contribution in [2.45, 2.75) is 25.7 Å². The van der Waals surface area contributed by atoms with Gasteiger partial charge in [-0.1, -0.05) is 49.2 Å². The zero-order chi connectivity index (χ0) is 13.5. The molecule has 0 unspecified atom stereocenters. The van der Waals surface area contributed by atoms with Crippen LogP contribution in [0.3, 0.4) is 0 Å². The van der Waals surface area contributed by atoms with Gasteiger partial charge in [0.15, 0.2) is 0 Å². The number of hydrogen-bond acceptors (Lipinski definition) is 2. The van der Waals surface area contributed by atoms with E-state index in [-0.39, 0.29) is 11.9 Å². The molecule has 0 N–H and O–H groups in total. The molecule has 0 spiro atoms. The van der Waals surface area contributed by atoms with Crippen LogP contribution in [0.1, 0.15) is 25.7 Å². The van der Waals surface area contributed by atoms with Crippen molar-refractivity contribution in [3.8, 4) is 5.75 Å². The predicted molar refractivity (Wildman–Crippen MR) is 78.5 cm³/mol. The molecule has 2 aromatic carbocycles. The maximum absolute atomic E-state index is 12.4. The molecule has 0 saturated heterocycles. The fourth-order valence-corrected chi connectivity index (χ4v) is 3.80. The van der Waals surface area contributed by atoms with Crippen LogP contribution >= 0.6 is 0 Å². The summed E-state index contributed by atoms with van der Waals surface area (Å²) >= 11 is 0. The third-order valence-electron chi connectivity index (χ3n) is 4.89. The molecule has 2 aromatic rings. The summed E-state index contributed by atoms with van der Waals surface area (Å²) in [5.41, 5.74) is 0. The van der Waals surface area contributed by atoms with E-state index in [1.807, 2.05) is 42.5 Å². The van der Waals surface area contributed by atoms with E-state index in [2.05, 4.69) is 0 Å². The van der Waals surface area contributed by atoms with E-state index < -0.39 is 0 Å². The lowest BCUT2D eigenvalue weighted by molar-refractivity contribution is -0.136. The smallest absolute Gasteiger partial charge is 0.314 e. The summed E-state index contributed by atoms with van der Waals surface area (Å²) in [6.07, 6.45) is 4.97. The van der Waals surface area contributed by atoms with Crippen molar-refractivity contribution in [3.05, 3.63) is 42.5 Å². The molecule has 4 rings (SSSR count). The average molecular weight is 266 g/mol. The van der Waals surface area contributed by atoms with Gasteiger partial charge in [-0.2, -0.15) is 0 Å². The minimum atomic E-state index is -0.0155. The summed E-state index contributed by atoms with van der Waals surface area (Å²) in [5, 5.41) is 2.14. The second-order valence-corrected chi connectivity index (χ2v) is 6.04. The summed E-state index contributed by atoms with van der Waals surface area (Å²) in [6, 6.07) is 13.9. The molecule has 0 heterocycles. The molecule has 102 valence electrons. The molecule has 0 aliphatic heterocycles. The quantitative estimate of drug-likeness (QED) is 0.602. The van der Waals surface area contributed by atoms with Crippen LogP contribution in [0.2, 0.25) is 0 Å². The Morgan fingerprint density at radius 2 is 1.65 bits per heavy atom. The van der Waals surface area contributed by atoms with Crippen LogP contribution in [0.4, 0.5) is 0 Å². The Labute approximate surface area is 118 Å². The van der Waals surface area contributed by atoms with Crippen molar-refractivity contribution in [1.82, 2.24) is 0 Å². The Bertz CT molecular complexity index is 644. The Hall–Kier alpha value is -1.83. The van der Waals surface area contributed by atoms with E-state index in [1.54, 1.807) is 0 Å². The van der Waals surface area contributed by atoms with Gasteiger partial charge in [0.1, 0.15) is 5.75 Å². The van der Waals surface area contributed by atoms with Gasteiger partial charge in [0.25, 0.3) is 0 Å². The van der Waals surface area contributed by atoms with Crippen molar-refractivity contribution in [3.63, 3.8) is 0 Å². The minimum Gasteiger partial charge on any atom is -0.426 e. The van der Waals surface area contributed by atoms with Crippen LogP contribution in [0, 0.1) is 17.8 Å². The molecule has 2 nitrogen and oxygen atoms in total. The molecule has 0 amide bonds. The maximum atomic E-state index is 12.4. The van der Waals surface area contributed by atoms with E-state index in [4.69, 9.17) is 4.74 Å². The Morgan fingerprint density at radius 3 is 2.45 bits per heavy atom. The predicted octanol–water partition coefficient (Wildman–Crippen LogP) is 4.18. The third kappa shape index (κ3) is 1.91. The highest BCUT2D eigenvalue weighted by molar-refractivity contribution is 5.91. The summed E-state index contributed by atoms with van der Waals surface area (Å²) < 4.78 is 5.70. The molecule has 2 aliphatic carbocycles. The molecule has 20 heavy (non-hydrogen) atoms. The first-order valence-electron chi connectivity index (χ1n) is 7.54. The number of rotatable bonds is 2. The molecule has 2 aliphatic rings. The zero-order valence-electron chi connectivity index (χ0n) is 11.4. The number of carbonyl (C=O) groups excluding carboxylic acids is 1. The SMILES string of the molecule is O=C(Oc1cccc2ccccc12)C1[C@H]2CCCC[C@H]12. The number of benzene rings is 2. The fourth-order valence-electron chi connectivity index (χ4n) is 3.80. The summed E-state index contributed by atoms with van der Waals surface area (Å²) in [4.78, 5) is 12.4. The van der Waals surface area contributed by atoms with E-state index in [1.165, 1.54) is 25.7 Å². The van der Waals surface area contributed by atoms with Crippen LogP contribution in [0.15, 0.2) is 42.5 Å². The standard InChI is InChI=1S/C18H18O2/c19-18(17-14-9-3-4-10-15(14)17)20-16-11-5-7-12-6-1-2-8-13(12)16/h1-2,5-8,11,14-15,17H,3-4,9-10H2/t14-,15-/m0/s1. The lowest BCUT2D eigenvalue weighted by Crippen LogP contribution is -2.12. The van der Waals surface area contributed by atoms with Gasteiger partial charge in [-0.05, 0) is 36.1 Å². The second-order valence-electron chi connectivity index (χ2n) is 6.04. The highest BCUT2D eigenvalue weighted by Crippen LogP contribution is 2.55. The van der Waals surface area contributed by atoms with Crippen molar-refractivity contribution in [1.29, 1.82) is 0 Å². The van der Waals surface area contributed by atoms with Crippen LogP contribution in [0.5, 0.6) is 5.75 Å². The van der Waals surface area contributed by atoms with Gasteiger partial charge in [-0.15, -0.1) is 0 Å². The first-order valence-corrected chi connectivity index (χ1v) is 7.54. The fraction of sp³-hybridized carbons (Fsp3) is 0.389. The monoisotopic (exact) mass is 266 g/mol. The van der Waals surface area contributed by atoms with Crippen LogP contribution in [0.25, 0.3) is 10.8 Å². The molecule has 0 aromatic heterocycles. The number of ether oxygens (including phenoxy) is 1. The van der Waals surface area contributed by atoms with Crippen molar-refractivity contribution < 1.29 is 9.53 Å². The topological polar surface area (TPSA) is 26.3 Å². The van der Waals surface area contributed by atoms with Gasteiger partial charge in [0.05, 0.1) is 5.92 Å². The highest BCUT2D eigenvalue weighted by Gasteiger charge is 2.55. The van der Waals surface area contributed by atoms with Crippen molar-refractivity contribution in [2.24, 2.45) is 17.8 Å². The van der Waals surface area contributed by atoms with E-state index in [0.717, 1.165) is 10.8 Å². The number of fused-ring (bicyclic) bond motifs is 2. The van der Waals surface area contributed by atoms with Gasteiger partial charge in [-0.3, -0.25) is 4.79 Å². The summed E-state index contributed by atoms with van der Waals surface area (Å²) in [6.45, 7) is 0. The highest BCUT2D eigenvalue weighted by atomic mass is 16.5. The molecular formula is C18H18O2. The van der Waals surface area contributed by atoms with Crippen LogP contribution in [-0.4, -0.2) is 5.97 Å². The maximum Gasteiger partial charge on any atom is 0.314 e. The lowest BCUT2D eigenvalue weighted by atomic mass is 10.0. The van der Waals surface area contributed by atoms with Crippen LogP contribution in [-0.2, 0) is 4.79 Å². The van der Waals surface area contributed by atoms with Gasteiger partial charge in [-0.25, -0.2) is 0 Å². The average Bonchev–Trinajstić information content (AvgIpc) is 3.22. The van der Waals surface area contributed by atoms with E-state index >= 15 is 0 Å². The summed E-state index contributed by atoms with van der Waals surface area (Å²) in [7, 11) is 0. The van der Waals surface area contributed by atoms with Gasteiger partial charge >= 0.3 is 5.97 Å². The lowest BCUT2D eigenvalue weighted by Gasteiger charge is -2.07. The van der Waals surface area contributed by atoms with Crippen molar-refractivity contribution >= 4 is 16.7 Å². The first-order chi connectivity index (χ1) is 9.84. The molecule has 2 saturated carbocycles. The van der Waals surface area contributed by atoms with Gasteiger partial charge < -0.3 is 4.74 Å². The van der Waals surface area contributed by atoms with E-state index in [0.29, 0.717) is 17.6 Å². The summed E-state index contributed by atoms with van der Waals surface area (Å²) in [5.74, 6) is 2.06. The molecule has 2 atom stereocenters. The van der Waals surface area contributed by atoms with Crippen molar-refractivity contribution in [2.75, 3.05) is 0 Å². The molecule has 0 bridgehead atoms. The molecular weight excluding hydrogens is 248 g/mol. The normalized spacial score (nSPS) is 27.9. The molecule has 2 heteroatoms. The number of esters is 1. The Kier molecular flexibility index (Phi) is 2.76. The zero-order valence-corrected chi connectivity index (χ0v) is 11.4. The first kappa shape index (κ1) is 12.0. The Balaban J connectivity index is 1.57. The van der Waals surface area contributed by atoms with Gasteiger partial charge in [0.2, 0.25) is 0 Å². The van der Waals surface area contributed by atoms with Crippen LogP contribution < -0.4 is 4.74 Å². The molecule has 0 radical (unpaired) electrons. The number of carbonyl (C=O) groups is 1. The minimum absolute atomic E-state index is 0.0155.